The van der Waals surface area contributed by atoms with Crippen molar-refractivity contribution in [3.8, 4) is 11.5 Å². The van der Waals surface area contributed by atoms with E-state index < -0.39 is 0 Å². The van der Waals surface area contributed by atoms with Gasteiger partial charge in [0.1, 0.15) is 13.2 Å². The summed E-state index contributed by atoms with van der Waals surface area (Å²) in [6, 6.07) is 12.1. The molecule has 0 fully saturated rings. The van der Waals surface area contributed by atoms with Crippen LogP contribution in [0.2, 0.25) is 0 Å². The summed E-state index contributed by atoms with van der Waals surface area (Å²) in [5.41, 5.74) is 4.02. The number of hydrogen-bond acceptors (Lipinski definition) is 5. The molecule has 2 N–H and O–H groups in total. The van der Waals surface area contributed by atoms with Crippen LogP contribution in [0.4, 0.5) is 5.69 Å². The molecular weight excluding hydrogens is 414 g/mol. The smallest absolute Gasteiger partial charge is 0.271 e. The van der Waals surface area contributed by atoms with E-state index in [1.165, 1.54) is 0 Å². The van der Waals surface area contributed by atoms with Gasteiger partial charge in [-0.3, -0.25) is 9.59 Å². The lowest BCUT2D eigenvalue weighted by atomic mass is 10.2. The summed E-state index contributed by atoms with van der Waals surface area (Å²) in [5.74, 6) is 0.679. The average molecular weight is 432 g/mol. The van der Waals surface area contributed by atoms with Gasteiger partial charge in [-0.1, -0.05) is 15.9 Å². The lowest BCUT2D eigenvalue weighted by Gasteiger charge is -2.19. The minimum Gasteiger partial charge on any atom is -0.486 e. The van der Waals surface area contributed by atoms with Gasteiger partial charge in [-0.15, -0.1) is 0 Å². The van der Waals surface area contributed by atoms with E-state index in [0.29, 0.717) is 41.7 Å². The maximum Gasteiger partial charge on any atom is 0.271 e. The van der Waals surface area contributed by atoms with Gasteiger partial charge in [0.25, 0.3) is 5.91 Å². The Kier molecular flexibility index (Phi) is 6.08. The summed E-state index contributed by atoms with van der Waals surface area (Å²) < 4.78 is 11.8. The molecule has 0 atom stereocenters. The molecule has 1 aliphatic heterocycles. The van der Waals surface area contributed by atoms with Crippen molar-refractivity contribution in [3.63, 3.8) is 0 Å². The van der Waals surface area contributed by atoms with Gasteiger partial charge in [0.15, 0.2) is 11.5 Å². The number of carbonyl (C=O) groups is 2. The van der Waals surface area contributed by atoms with E-state index in [1.807, 2.05) is 0 Å². The monoisotopic (exact) mass is 431 g/mol. The zero-order chi connectivity index (χ0) is 19.2. The molecule has 0 unspecified atom stereocenters. The number of benzene rings is 2. The first-order valence-electron chi connectivity index (χ1n) is 8.30. The number of amides is 2. The molecule has 0 saturated carbocycles. The molecule has 1 aliphatic rings. The van der Waals surface area contributed by atoms with Crippen LogP contribution >= 0.6 is 15.9 Å². The number of hydrogen-bond donors (Lipinski definition) is 2. The Morgan fingerprint density at radius 2 is 1.78 bits per heavy atom. The molecule has 0 aromatic heterocycles. The van der Waals surface area contributed by atoms with Gasteiger partial charge in [-0.05, 0) is 43.3 Å². The maximum atomic E-state index is 12.2. The first kappa shape index (κ1) is 18.9. The van der Waals surface area contributed by atoms with Gasteiger partial charge in [-0.2, -0.15) is 5.10 Å². The molecule has 7 nitrogen and oxygen atoms in total. The van der Waals surface area contributed by atoms with Crippen LogP contribution in [0.5, 0.6) is 11.5 Å². The Hall–Kier alpha value is -2.87. The fraction of sp³-hybridized carbons (Fsp3) is 0.211. The first-order chi connectivity index (χ1) is 13.0. The molecule has 140 valence electrons. The van der Waals surface area contributed by atoms with E-state index in [2.05, 4.69) is 31.8 Å². The van der Waals surface area contributed by atoms with Crippen LogP contribution in [-0.2, 0) is 4.79 Å². The number of ether oxygens (including phenoxy) is 2. The summed E-state index contributed by atoms with van der Waals surface area (Å²) >= 11 is 3.31. The predicted octanol–water partition coefficient (Wildman–Crippen LogP) is 3.35. The largest absolute Gasteiger partial charge is 0.486 e. The molecule has 1 heterocycles. The van der Waals surface area contributed by atoms with Gasteiger partial charge in [0.05, 0.1) is 6.42 Å². The van der Waals surface area contributed by atoms with Crippen molar-refractivity contribution in [2.75, 3.05) is 18.5 Å². The lowest BCUT2D eigenvalue weighted by molar-refractivity contribution is -0.115. The number of fused-ring (bicyclic) bond motifs is 1. The zero-order valence-electron chi connectivity index (χ0n) is 14.6. The molecule has 2 aromatic rings. The third-order valence-electron chi connectivity index (χ3n) is 3.70. The van der Waals surface area contributed by atoms with E-state index in [4.69, 9.17) is 9.47 Å². The number of halogens is 1. The normalized spacial score (nSPS) is 13.0. The molecule has 0 bridgehead atoms. The second kappa shape index (κ2) is 8.68. The van der Waals surface area contributed by atoms with Crippen molar-refractivity contribution in [1.82, 2.24) is 5.43 Å². The van der Waals surface area contributed by atoms with E-state index in [0.717, 1.165) is 4.47 Å². The van der Waals surface area contributed by atoms with Gasteiger partial charge in [0.2, 0.25) is 5.91 Å². The highest BCUT2D eigenvalue weighted by Crippen LogP contribution is 2.32. The van der Waals surface area contributed by atoms with Crippen molar-refractivity contribution < 1.29 is 19.1 Å². The van der Waals surface area contributed by atoms with Crippen molar-refractivity contribution in [2.24, 2.45) is 5.10 Å². The van der Waals surface area contributed by atoms with Gasteiger partial charge in [-0.25, -0.2) is 5.43 Å². The number of nitrogens with one attached hydrogen (secondary N) is 2. The molecule has 8 heteroatoms. The third-order valence-corrected chi connectivity index (χ3v) is 4.23. The molecule has 2 aromatic carbocycles. The highest BCUT2D eigenvalue weighted by atomic mass is 79.9. The second-order valence-corrected chi connectivity index (χ2v) is 6.79. The SMILES string of the molecule is C/C(CC(=O)Nc1ccc2c(c1)OCCO2)=N/NC(=O)c1ccc(Br)cc1. The van der Waals surface area contributed by atoms with Crippen LogP contribution in [0, 0.1) is 0 Å². The van der Waals surface area contributed by atoms with E-state index in [1.54, 1.807) is 49.4 Å². The number of nitrogens with zero attached hydrogens (tertiary/aromatic N) is 1. The maximum absolute atomic E-state index is 12.2. The van der Waals surface area contributed by atoms with Crippen LogP contribution in [-0.4, -0.2) is 30.7 Å². The Balaban J connectivity index is 1.53. The summed E-state index contributed by atoms with van der Waals surface area (Å²) in [4.78, 5) is 24.2. The van der Waals surface area contributed by atoms with Crippen LogP contribution in [0.1, 0.15) is 23.7 Å². The zero-order valence-corrected chi connectivity index (χ0v) is 16.2. The van der Waals surface area contributed by atoms with Crippen molar-refractivity contribution in [1.29, 1.82) is 0 Å². The van der Waals surface area contributed by atoms with Crippen LogP contribution in [0.15, 0.2) is 52.0 Å². The second-order valence-electron chi connectivity index (χ2n) is 5.88. The standard InChI is InChI=1S/C19H18BrN3O4/c1-12(22-23-19(25)13-2-4-14(20)5-3-13)10-18(24)21-15-6-7-16-17(11-15)27-9-8-26-16/h2-7,11H,8-10H2,1H3,(H,21,24)(H,23,25)/b22-12-. The van der Waals surface area contributed by atoms with E-state index in [-0.39, 0.29) is 18.2 Å². The van der Waals surface area contributed by atoms with Crippen molar-refractivity contribution in [3.05, 3.63) is 52.5 Å². The Bertz CT molecular complexity index is 881. The fourth-order valence-electron chi connectivity index (χ4n) is 2.41. The number of anilines is 1. The van der Waals surface area contributed by atoms with Crippen molar-refractivity contribution in [2.45, 2.75) is 13.3 Å². The number of rotatable bonds is 5. The molecule has 27 heavy (non-hydrogen) atoms. The highest BCUT2D eigenvalue weighted by molar-refractivity contribution is 9.10. The molecule has 0 radical (unpaired) electrons. The van der Waals surface area contributed by atoms with Crippen LogP contribution in [0.3, 0.4) is 0 Å². The lowest BCUT2D eigenvalue weighted by Crippen LogP contribution is -2.21. The van der Waals surface area contributed by atoms with Crippen LogP contribution in [0.25, 0.3) is 0 Å². The molecule has 3 rings (SSSR count). The predicted molar refractivity (Wildman–Crippen MR) is 105 cm³/mol. The first-order valence-corrected chi connectivity index (χ1v) is 9.09. The summed E-state index contributed by atoms with van der Waals surface area (Å²) in [6.45, 7) is 2.67. The fourth-order valence-corrected chi connectivity index (χ4v) is 2.67. The molecule has 2 amide bonds. The van der Waals surface area contributed by atoms with E-state index >= 15 is 0 Å². The Morgan fingerprint density at radius 1 is 1.07 bits per heavy atom. The Morgan fingerprint density at radius 3 is 2.52 bits per heavy atom. The quantitative estimate of drug-likeness (QED) is 0.560. The minimum absolute atomic E-state index is 0.0507. The molecule has 0 spiro atoms. The molecular formula is C19H18BrN3O4. The molecule has 0 saturated heterocycles. The number of carbonyl (C=O) groups excluding carboxylic acids is 2. The highest BCUT2D eigenvalue weighted by Gasteiger charge is 2.13. The van der Waals surface area contributed by atoms with Gasteiger partial charge >= 0.3 is 0 Å². The van der Waals surface area contributed by atoms with Gasteiger partial charge < -0.3 is 14.8 Å². The van der Waals surface area contributed by atoms with Gasteiger partial charge in [0, 0.05) is 27.5 Å². The number of hydrazone groups is 1. The molecule has 0 aliphatic carbocycles. The Labute approximate surface area is 164 Å². The summed E-state index contributed by atoms with van der Waals surface area (Å²) in [5, 5.41) is 6.75. The topological polar surface area (TPSA) is 89.0 Å². The minimum atomic E-state index is -0.339. The van der Waals surface area contributed by atoms with E-state index in [9.17, 15) is 9.59 Å². The van der Waals surface area contributed by atoms with Crippen molar-refractivity contribution >= 4 is 39.1 Å². The summed E-state index contributed by atoms with van der Waals surface area (Å²) in [6.07, 6.45) is 0.0507. The van der Waals surface area contributed by atoms with Crippen LogP contribution < -0.4 is 20.2 Å². The third kappa shape index (κ3) is 5.30. The summed E-state index contributed by atoms with van der Waals surface area (Å²) in [7, 11) is 0. The average Bonchev–Trinajstić information content (AvgIpc) is 2.66.